The van der Waals surface area contributed by atoms with Gasteiger partial charge in [0.15, 0.2) is 4.34 Å². The Labute approximate surface area is 209 Å². The second-order valence-corrected chi connectivity index (χ2v) is 10.1. The number of phenols is 1. The minimum atomic E-state index is -0.502. The van der Waals surface area contributed by atoms with Gasteiger partial charge >= 0.3 is 0 Å². The van der Waals surface area contributed by atoms with Crippen molar-refractivity contribution in [3.63, 3.8) is 0 Å². The Morgan fingerprint density at radius 3 is 2.29 bits per heavy atom. The SMILES string of the molecule is O=[N+]([O-])c1ccc(O)c(C=Nc2ccc3nc(SC(c4ccccc4)c4ccccc4)sc3c2)c1. The van der Waals surface area contributed by atoms with Gasteiger partial charge in [-0.3, -0.25) is 15.1 Å². The van der Waals surface area contributed by atoms with E-state index in [0.717, 1.165) is 14.6 Å². The van der Waals surface area contributed by atoms with Crippen molar-refractivity contribution in [3.8, 4) is 5.75 Å². The normalized spacial score (nSPS) is 11.5. The highest BCUT2D eigenvalue weighted by Crippen LogP contribution is 2.43. The van der Waals surface area contributed by atoms with Crippen molar-refractivity contribution in [2.24, 2.45) is 4.99 Å². The molecule has 0 amide bonds. The maximum absolute atomic E-state index is 11.0. The molecule has 5 aromatic rings. The van der Waals surface area contributed by atoms with E-state index >= 15 is 0 Å². The minimum Gasteiger partial charge on any atom is -0.507 e. The van der Waals surface area contributed by atoms with Gasteiger partial charge in [-0.25, -0.2) is 4.98 Å². The molecule has 0 radical (unpaired) electrons. The first-order chi connectivity index (χ1) is 17.1. The molecule has 0 bridgehead atoms. The predicted molar refractivity (Wildman–Crippen MR) is 142 cm³/mol. The number of thiazole rings is 1. The van der Waals surface area contributed by atoms with Crippen LogP contribution in [0.3, 0.4) is 0 Å². The molecule has 0 atom stereocenters. The van der Waals surface area contributed by atoms with Gasteiger partial charge < -0.3 is 5.11 Å². The number of aliphatic imine (C=N–C) groups is 1. The van der Waals surface area contributed by atoms with Crippen LogP contribution in [0.2, 0.25) is 0 Å². The van der Waals surface area contributed by atoms with Gasteiger partial charge in [0.05, 0.1) is 26.1 Å². The highest BCUT2D eigenvalue weighted by molar-refractivity contribution is 8.01. The summed E-state index contributed by atoms with van der Waals surface area (Å²) >= 11 is 3.31. The maximum atomic E-state index is 11.0. The highest BCUT2D eigenvalue weighted by atomic mass is 32.2. The molecule has 0 aliphatic rings. The molecular weight excluding hydrogens is 478 g/mol. The van der Waals surface area contributed by atoms with E-state index in [2.05, 4.69) is 29.3 Å². The number of benzene rings is 4. The van der Waals surface area contributed by atoms with Crippen LogP contribution >= 0.6 is 23.1 Å². The summed E-state index contributed by atoms with van der Waals surface area (Å²) in [5.41, 5.74) is 4.17. The largest absolute Gasteiger partial charge is 0.507 e. The summed E-state index contributed by atoms with van der Waals surface area (Å²) in [7, 11) is 0. The quantitative estimate of drug-likeness (QED) is 0.109. The average molecular weight is 498 g/mol. The van der Waals surface area contributed by atoms with Gasteiger partial charge in [0.25, 0.3) is 5.69 Å². The lowest BCUT2D eigenvalue weighted by atomic mass is 10.0. The third-order valence-corrected chi connectivity index (χ3v) is 7.77. The van der Waals surface area contributed by atoms with Crippen molar-refractivity contribution in [1.29, 1.82) is 0 Å². The number of nitro benzene ring substituents is 1. The van der Waals surface area contributed by atoms with Gasteiger partial charge in [0, 0.05) is 23.9 Å². The number of phenolic OH excluding ortho intramolecular Hbond substituents is 1. The van der Waals surface area contributed by atoms with Gasteiger partial charge in [-0.1, -0.05) is 72.4 Å². The van der Waals surface area contributed by atoms with Crippen molar-refractivity contribution >= 4 is 50.9 Å². The summed E-state index contributed by atoms with van der Waals surface area (Å²) in [5, 5.41) is 21.2. The molecule has 1 N–H and O–H groups in total. The van der Waals surface area contributed by atoms with Gasteiger partial charge in [-0.2, -0.15) is 0 Å². The second kappa shape index (κ2) is 10.1. The summed E-state index contributed by atoms with van der Waals surface area (Å²) < 4.78 is 1.94. The smallest absolute Gasteiger partial charge is 0.270 e. The molecule has 0 aliphatic carbocycles. The summed E-state index contributed by atoms with van der Waals surface area (Å²) in [4.78, 5) is 19.8. The number of nitrogens with zero attached hydrogens (tertiary/aromatic N) is 3. The molecule has 0 saturated heterocycles. The number of rotatable bonds is 7. The molecule has 4 aromatic carbocycles. The third kappa shape index (κ3) is 5.24. The van der Waals surface area contributed by atoms with Crippen molar-refractivity contribution in [3.05, 3.63) is 124 Å². The molecule has 35 heavy (non-hydrogen) atoms. The zero-order valence-corrected chi connectivity index (χ0v) is 19.9. The van der Waals surface area contributed by atoms with Crippen LogP contribution in [-0.2, 0) is 0 Å². The molecule has 1 aromatic heterocycles. The van der Waals surface area contributed by atoms with E-state index in [1.165, 1.54) is 35.5 Å². The molecule has 172 valence electrons. The molecule has 0 saturated carbocycles. The van der Waals surface area contributed by atoms with Crippen molar-refractivity contribution in [2.45, 2.75) is 9.59 Å². The molecule has 0 fully saturated rings. The number of aromatic nitrogens is 1. The first kappa shape index (κ1) is 22.8. The maximum Gasteiger partial charge on any atom is 0.270 e. The van der Waals surface area contributed by atoms with Crippen LogP contribution in [0.25, 0.3) is 10.2 Å². The highest BCUT2D eigenvalue weighted by Gasteiger charge is 2.18. The molecule has 6 nitrogen and oxygen atoms in total. The number of aromatic hydroxyl groups is 1. The average Bonchev–Trinajstić information content (AvgIpc) is 3.29. The third-order valence-electron chi connectivity index (χ3n) is 5.35. The van der Waals surface area contributed by atoms with E-state index in [-0.39, 0.29) is 22.3 Å². The van der Waals surface area contributed by atoms with Crippen LogP contribution in [0.4, 0.5) is 11.4 Å². The fraction of sp³-hybridized carbons (Fsp3) is 0.0370. The Morgan fingerprint density at radius 1 is 0.943 bits per heavy atom. The lowest BCUT2D eigenvalue weighted by molar-refractivity contribution is -0.384. The van der Waals surface area contributed by atoms with Crippen LogP contribution in [0.5, 0.6) is 5.75 Å². The molecule has 8 heteroatoms. The molecule has 0 unspecified atom stereocenters. The zero-order valence-electron chi connectivity index (χ0n) is 18.3. The zero-order chi connectivity index (χ0) is 24.2. The van der Waals surface area contributed by atoms with E-state index in [4.69, 9.17) is 4.98 Å². The number of thioether (sulfide) groups is 1. The minimum absolute atomic E-state index is 0.0650. The van der Waals surface area contributed by atoms with Gasteiger partial charge in [-0.05, 0) is 35.4 Å². The summed E-state index contributed by atoms with van der Waals surface area (Å²) in [6, 6.07) is 30.3. The molecule has 1 heterocycles. The fourth-order valence-electron chi connectivity index (χ4n) is 3.61. The predicted octanol–water partition coefficient (Wildman–Crippen LogP) is 7.54. The van der Waals surface area contributed by atoms with Crippen LogP contribution in [0.15, 0.2) is 106 Å². The number of hydrogen-bond donors (Lipinski definition) is 1. The summed E-state index contributed by atoms with van der Waals surface area (Å²) in [6.07, 6.45) is 1.43. The standard InChI is InChI=1S/C27H19N3O3S2/c31-24-14-12-22(30(32)33)15-20(24)17-28-21-11-13-23-25(16-21)34-27(29-23)35-26(18-7-3-1-4-8-18)19-9-5-2-6-10-19/h1-17,26,31H. The second-order valence-electron chi connectivity index (χ2n) is 7.71. The molecule has 5 rings (SSSR count). The number of non-ortho nitro benzene ring substituents is 1. The van der Waals surface area contributed by atoms with Crippen molar-refractivity contribution in [2.75, 3.05) is 0 Å². The Bertz CT molecular complexity index is 1480. The van der Waals surface area contributed by atoms with Gasteiger partial charge in [0.2, 0.25) is 0 Å². The van der Waals surface area contributed by atoms with E-state index < -0.39 is 4.92 Å². The lowest BCUT2D eigenvalue weighted by Gasteiger charge is -2.16. The monoisotopic (exact) mass is 497 g/mol. The molecular formula is C27H19N3O3S2. The van der Waals surface area contributed by atoms with Crippen molar-refractivity contribution in [1.82, 2.24) is 4.98 Å². The van der Waals surface area contributed by atoms with Crippen molar-refractivity contribution < 1.29 is 10.0 Å². The van der Waals surface area contributed by atoms with Crippen LogP contribution in [-0.4, -0.2) is 21.2 Å². The first-order valence-corrected chi connectivity index (χ1v) is 12.4. The van der Waals surface area contributed by atoms with Crippen LogP contribution < -0.4 is 0 Å². The Balaban J connectivity index is 1.42. The Morgan fingerprint density at radius 2 is 1.63 bits per heavy atom. The number of fused-ring (bicyclic) bond motifs is 1. The lowest BCUT2D eigenvalue weighted by Crippen LogP contribution is -1.96. The number of nitro groups is 1. The van der Waals surface area contributed by atoms with E-state index in [9.17, 15) is 15.2 Å². The fourth-order valence-corrected chi connectivity index (χ4v) is 6.03. The first-order valence-electron chi connectivity index (χ1n) is 10.8. The van der Waals surface area contributed by atoms with E-state index in [0.29, 0.717) is 5.69 Å². The summed E-state index contributed by atoms with van der Waals surface area (Å²) in [6.45, 7) is 0. The van der Waals surface area contributed by atoms with Gasteiger partial charge in [0.1, 0.15) is 5.75 Å². The van der Waals surface area contributed by atoms with E-state index in [1.807, 2.05) is 54.6 Å². The summed E-state index contributed by atoms with van der Waals surface area (Å²) in [5.74, 6) is -0.0650. The van der Waals surface area contributed by atoms with Gasteiger partial charge in [-0.15, -0.1) is 11.3 Å². The van der Waals surface area contributed by atoms with Crippen LogP contribution in [0.1, 0.15) is 21.9 Å². The van der Waals surface area contributed by atoms with E-state index in [1.54, 1.807) is 23.1 Å². The Kier molecular flexibility index (Phi) is 6.56. The molecule has 0 aliphatic heterocycles. The molecule has 0 spiro atoms. The Hall–Kier alpha value is -4.01. The number of hydrogen-bond acceptors (Lipinski definition) is 7. The van der Waals surface area contributed by atoms with Crippen LogP contribution in [0, 0.1) is 10.1 Å². The topological polar surface area (TPSA) is 88.6 Å².